The molecular formula is C10H10O2. The number of hydrogen-bond acceptors (Lipinski definition) is 2. The minimum atomic E-state index is 0.475. The van der Waals surface area contributed by atoms with Crippen LogP contribution in [0.5, 0.6) is 0 Å². The molecule has 2 heteroatoms. The minimum absolute atomic E-state index is 0.475. The molecule has 0 saturated heterocycles. The van der Waals surface area contributed by atoms with E-state index in [2.05, 4.69) is 0 Å². The molecule has 1 rings (SSSR count). The Morgan fingerprint density at radius 1 is 1.08 bits per heavy atom. The van der Waals surface area contributed by atoms with E-state index in [0.29, 0.717) is 17.4 Å². The maximum atomic E-state index is 10.6. The Morgan fingerprint density at radius 2 is 1.75 bits per heavy atom. The summed E-state index contributed by atoms with van der Waals surface area (Å²) >= 11 is 0. The number of aldehydes is 2. The number of aryl methyl sites for hydroxylation is 2. The topological polar surface area (TPSA) is 34.1 Å². The molecule has 0 fully saturated rings. The molecule has 0 N–H and O–H groups in total. The van der Waals surface area contributed by atoms with Crippen LogP contribution in [-0.4, -0.2) is 12.6 Å². The van der Waals surface area contributed by atoms with Gasteiger partial charge in [0.25, 0.3) is 0 Å². The van der Waals surface area contributed by atoms with Gasteiger partial charge >= 0.3 is 0 Å². The van der Waals surface area contributed by atoms with Crippen molar-refractivity contribution < 1.29 is 9.59 Å². The SMILES string of the molecule is Cc1cc(C)c(C=O)c(C=O)c1. The zero-order valence-corrected chi connectivity index (χ0v) is 7.13. The maximum absolute atomic E-state index is 10.6. The number of rotatable bonds is 2. The summed E-state index contributed by atoms with van der Waals surface area (Å²) in [5, 5.41) is 0. The monoisotopic (exact) mass is 162 g/mol. The summed E-state index contributed by atoms with van der Waals surface area (Å²) < 4.78 is 0. The lowest BCUT2D eigenvalue weighted by molar-refractivity contribution is 0.109. The zero-order valence-electron chi connectivity index (χ0n) is 7.13. The molecule has 0 amide bonds. The van der Waals surface area contributed by atoms with Crippen LogP contribution >= 0.6 is 0 Å². The first kappa shape index (κ1) is 8.65. The van der Waals surface area contributed by atoms with E-state index in [4.69, 9.17) is 0 Å². The van der Waals surface area contributed by atoms with Gasteiger partial charge in [0.05, 0.1) is 0 Å². The molecule has 62 valence electrons. The fraction of sp³-hybridized carbons (Fsp3) is 0.200. The Bertz CT molecular complexity index is 327. The maximum Gasteiger partial charge on any atom is 0.151 e. The second kappa shape index (κ2) is 3.30. The molecule has 0 radical (unpaired) electrons. The van der Waals surface area contributed by atoms with E-state index in [0.717, 1.165) is 17.4 Å². The van der Waals surface area contributed by atoms with Crippen molar-refractivity contribution in [3.8, 4) is 0 Å². The average Bonchev–Trinajstić information content (AvgIpc) is 2.03. The summed E-state index contributed by atoms with van der Waals surface area (Å²) in [5.41, 5.74) is 2.82. The fourth-order valence-electron chi connectivity index (χ4n) is 1.27. The van der Waals surface area contributed by atoms with Crippen LogP contribution in [0.25, 0.3) is 0 Å². The predicted molar refractivity (Wildman–Crippen MR) is 46.7 cm³/mol. The summed E-state index contributed by atoms with van der Waals surface area (Å²) in [5.74, 6) is 0. The molecule has 0 aliphatic carbocycles. The van der Waals surface area contributed by atoms with E-state index in [9.17, 15) is 9.59 Å². The van der Waals surface area contributed by atoms with Crippen LogP contribution in [-0.2, 0) is 0 Å². The Kier molecular flexibility index (Phi) is 2.38. The fourth-order valence-corrected chi connectivity index (χ4v) is 1.27. The Hall–Kier alpha value is -1.44. The molecule has 0 atom stereocenters. The zero-order chi connectivity index (χ0) is 9.14. The largest absolute Gasteiger partial charge is 0.298 e. The lowest BCUT2D eigenvalue weighted by Crippen LogP contribution is -1.95. The highest BCUT2D eigenvalue weighted by molar-refractivity contribution is 5.91. The van der Waals surface area contributed by atoms with Crippen molar-refractivity contribution in [3.63, 3.8) is 0 Å². The van der Waals surface area contributed by atoms with Gasteiger partial charge in [-0.25, -0.2) is 0 Å². The van der Waals surface area contributed by atoms with Gasteiger partial charge in [-0.15, -0.1) is 0 Å². The Labute approximate surface area is 71.2 Å². The molecule has 0 aliphatic rings. The highest BCUT2D eigenvalue weighted by Crippen LogP contribution is 2.13. The molecule has 0 bridgehead atoms. The van der Waals surface area contributed by atoms with Gasteiger partial charge in [0, 0.05) is 11.1 Å². The standard InChI is InChI=1S/C10H10O2/c1-7-3-8(2)10(6-12)9(4-7)5-11/h3-6H,1-2H3. The van der Waals surface area contributed by atoms with Crippen LogP contribution in [0.1, 0.15) is 31.8 Å². The Balaban J connectivity index is 3.43. The lowest BCUT2D eigenvalue weighted by Gasteiger charge is -2.02. The van der Waals surface area contributed by atoms with E-state index in [1.165, 1.54) is 0 Å². The third-order valence-corrected chi connectivity index (χ3v) is 1.81. The highest BCUT2D eigenvalue weighted by Gasteiger charge is 2.04. The smallest absolute Gasteiger partial charge is 0.151 e. The number of carbonyl (C=O) groups excluding carboxylic acids is 2. The van der Waals surface area contributed by atoms with Gasteiger partial charge in [0.15, 0.2) is 12.6 Å². The van der Waals surface area contributed by atoms with Crippen molar-refractivity contribution >= 4 is 12.6 Å². The van der Waals surface area contributed by atoms with Crippen LogP contribution in [0.4, 0.5) is 0 Å². The summed E-state index contributed by atoms with van der Waals surface area (Å²) in [7, 11) is 0. The summed E-state index contributed by atoms with van der Waals surface area (Å²) in [6.07, 6.45) is 1.43. The summed E-state index contributed by atoms with van der Waals surface area (Å²) in [6.45, 7) is 3.72. The van der Waals surface area contributed by atoms with Gasteiger partial charge in [-0.1, -0.05) is 11.6 Å². The van der Waals surface area contributed by atoms with Gasteiger partial charge in [0.2, 0.25) is 0 Å². The molecule has 0 saturated carbocycles. The van der Waals surface area contributed by atoms with Gasteiger partial charge in [-0.3, -0.25) is 9.59 Å². The van der Waals surface area contributed by atoms with Gasteiger partial charge < -0.3 is 0 Å². The van der Waals surface area contributed by atoms with Crippen LogP contribution in [0.2, 0.25) is 0 Å². The van der Waals surface area contributed by atoms with Crippen LogP contribution in [0, 0.1) is 13.8 Å². The van der Waals surface area contributed by atoms with E-state index in [1.807, 2.05) is 19.9 Å². The average molecular weight is 162 g/mol. The van der Waals surface area contributed by atoms with E-state index < -0.39 is 0 Å². The van der Waals surface area contributed by atoms with Gasteiger partial charge in [-0.05, 0) is 25.5 Å². The summed E-state index contributed by atoms with van der Waals surface area (Å²) in [4.78, 5) is 21.1. The van der Waals surface area contributed by atoms with E-state index >= 15 is 0 Å². The molecule has 12 heavy (non-hydrogen) atoms. The van der Waals surface area contributed by atoms with Crippen LogP contribution in [0.15, 0.2) is 12.1 Å². The molecule has 0 heterocycles. The third-order valence-electron chi connectivity index (χ3n) is 1.81. The molecule has 2 nitrogen and oxygen atoms in total. The third kappa shape index (κ3) is 1.42. The Morgan fingerprint density at radius 3 is 2.25 bits per heavy atom. The first-order valence-electron chi connectivity index (χ1n) is 3.70. The van der Waals surface area contributed by atoms with Gasteiger partial charge in [-0.2, -0.15) is 0 Å². The molecule has 0 unspecified atom stereocenters. The van der Waals surface area contributed by atoms with Crippen molar-refractivity contribution in [2.75, 3.05) is 0 Å². The number of benzene rings is 1. The normalized spacial score (nSPS) is 9.50. The highest BCUT2D eigenvalue weighted by atomic mass is 16.1. The van der Waals surface area contributed by atoms with E-state index in [1.54, 1.807) is 6.07 Å². The molecule has 1 aromatic carbocycles. The molecular weight excluding hydrogens is 152 g/mol. The molecule has 0 spiro atoms. The van der Waals surface area contributed by atoms with Gasteiger partial charge in [0.1, 0.15) is 0 Å². The summed E-state index contributed by atoms with van der Waals surface area (Å²) in [6, 6.07) is 3.60. The molecule has 0 aromatic heterocycles. The van der Waals surface area contributed by atoms with Crippen molar-refractivity contribution in [1.82, 2.24) is 0 Å². The molecule has 1 aromatic rings. The van der Waals surface area contributed by atoms with Crippen LogP contribution in [0.3, 0.4) is 0 Å². The first-order chi connectivity index (χ1) is 5.69. The second-order valence-electron chi connectivity index (χ2n) is 2.82. The first-order valence-corrected chi connectivity index (χ1v) is 3.70. The number of hydrogen-bond donors (Lipinski definition) is 0. The van der Waals surface area contributed by atoms with Crippen molar-refractivity contribution in [2.24, 2.45) is 0 Å². The van der Waals surface area contributed by atoms with Crippen molar-refractivity contribution in [2.45, 2.75) is 13.8 Å². The second-order valence-corrected chi connectivity index (χ2v) is 2.82. The minimum Gasteiger partial charge on any atom is -0.298 e. The lowest BCUT2D eigenvalue weighted by atomic mass is 10.0. The van der Waals surface area contributed by atoms with Crippen LogP contribution < -0.4 is 0 Å². The quantitative estimate of drug-likeness (QED) is 0.622. The van der Waals surface area contributed by atoms with Crippen molar-refractivity contribution in [3.05, 3.63) is 34.4 Å². The predicted octanol–water partition coefficient (Wildman–Crippen LogP) is 1.93. The van der Waals surface area contributed by atoms with E-state index in [-0.39, 0.29) is 0 Å². The molecule has 0 aliphatic heterocycles. The van der Waals surface area contributed by atoms with Crippen molar-refractivity contribution in [1.29, 1.82) is 0 Å². The number of carbonyl (C=O) groups is 2.